The van der Waals surface area contributed by atoms with Gasteiger partial charge >= 0.3 is 6.01 Å². The fraction of sp³-hybridized carbons (Fsp3) is 0.0256. The van der Waals surface area contributed by atoms with Gasteiger partial charge in [0.05, 0.1) is 11.8 Å². The van der Waals surface area contributed by atoms with E-state index in [0.717, 1.165) is 57.6 Å². The van der Waals surface area contributed by atoms with Crippen LogP contribution < -0.4 is 9.47 Å². The van der Waals surface area contributed by atoms with Crippen LogP contribution in [0.1, 0.15) is 5.56 Å². The Morgan fingerprint density at radius 1 is 0.523 bits per heavy atom. The van der Waals surface area contributed by atoms with Gasteiger partial charge < -0.3 is 9.47 Å². The first-order valence-electron chi connectivity index (χ1n) is 14.5. The van der Waals surface area contributed by atoms with Crippen LogP contribution in [0.2, 0.25) is 0 Å². The molecule has 0 N–H and O–H groups in total. The third-order valence-corrected chi connectivity index (χ3v) is 7.20. The van der Waals surface area contributed by atoms with E-state index >= 15 is 0 Å². The van der Waals surface area contributed by atoms with Crippen LogP contribution in [0.5, 0.6) is 23.0 Å². The second-order valence-electron chi connectivity index (χ2n) is 10.4. The number of nitrogens with zero attached hydrogens (tertiary/aromatic N) is 3. The normalized spacial score (nSPS) is 12.0. The van der Waals surface area contributed by atoms with E-state index in [0.29, 0.717) is 0 Å². The number of pyridine rings is 1. The molecule has 0 saturated heterocycles. The standard InChI is InChI=1S/C39H29N3O2/c1-3-10-30(11-4-1)28-41-22-23-42(29-41)34-14-9-19-38(27-34)44-37-18-8-13-33(25-37)39-26-32(20-21-40-39)31-12-7-17-36(24-31)43-35-15-5-2-6-16-35/h1-27H,28H2/q+2. The van der Waals surface area contributed by atoms with Gasteiger partial charge in [0.1, 0.15) is 23.0 Å². The van der Waals surface area contributed by atoms with Gasteiger partial charge in [-0.1, -0.05) is 88.0 Å². The fourth-order valence-electron chi connectivity index (χ4n) is 5.05. The zero-order valence-corrected chi connectivity index (χ0v) is 24.0. The molecule has 0 radical (unpaired) electrons. The van der Waals surface area contributed by atoms with Crippen LogP contribution >= 0.6 is 0 Å². The monoisotopic (exact) mass is 571 g/mol. The molecule has 0 bridgehead atoms. The summed E-state index contributed by atoms with van der Waals surface area (Å²) in [6.45, 7) is 0.763. The first-order valence-corrected chi connectivity index (χ1v) is 14.5. The maximum Gasteiger partial charge on any atom is 0.495 e. The largest absolute Gasteiger partial charge is 0.495 e. The zero-order chi connectivity index (χ0) is 29.6. The SMILES string of the molecule is C1=[N+](Cc2ccccc2)C=C[N+]=1c1cccc(Oc2cccc(-c3cc(-c4cccc(Oc5ccccc5)c4)ccn3)c2)c1. The average Bonchev–Trinajstić information content (AvgIpc) is 3.55. The van der Waals surface area contributed by atoms with E-state index in [1.165, 1.54) is 5.56 Å². The molecule has 0 amide bonds. The summed E-state index contributed by atoms with van der Waals surface area (Å²) in [6, 6.07) is 51.8. The molecular formula is C39H29N3O2+2. The minimum absolute atomic E-state index is 0.737. The number of benzene rings is 5. The van der Waals surface area contributed by atoms with E-state index < -0.39 is 0 Å². The molecule has 1 aromatic heterocycles. The van der Waals surface area contributed by atoms with Gasteiger partial charge in [0.25, 0.3) is 6.20 Å². The number of para-hydroxylation sites is 1. The third kappa shape index (κ3) is 6.39. The van der Waals surface area contributed by atoms with Crippen LogP contribution in [-0.4, -0.2) is 20.1 Å². The van der Waals surface area contributed by atoms with E-state index in [9.17, 15) is 0 Å². The topological polar surface area (TPSA) is 37.4 Å². The molecule has 0 aliphatic carbocycles. The van der Waals surface area contributed by atoms with Crippen molar-refractivity contribution in [3.63, 3.8) is 0 Å². The minimum Gasteiger partial charge on any atom is -0.457 e. The second kappa shape index (κ2) is 12.5. The molecule has 0 saturated carbocycles. The smallest absolute Gasteiger partial charge is 0.457 e. The summed E-state index contributed by atoms with van der Waals surface area (Å²) in [7, 11) is 0. The van der Waals surface area contributed by atoms with Crippen molar-refractivity contribution in [1.29, 1.82) is 0 Å². The van der Waals surface area contributed by atoms with Crippen molar-refractivity contribution < 1.29 is 18.6 Å². The highest BCUT2D eigenvalue weighted by Crippen LogP contribution is 2.32. The summed E-state index contributed by atoms with van der Waals surface area (Å²) in [5, 5.41) is 0. The van der Waals surface area contributed by atoms with Gasteiger partial charge in [-0.05, 0) is 65.7 Å². The molecule has 0 spiro atoms. The third-order valence-electron chi connectivity index (χ3n) is 7.20. The van der Waals surface area contributed by atoms with Gasteiger partial charge in [-0.25, -0.2) is 0 Å². The van der Waals surface area contributed by atoms with Crippen molar-refractivity contribution >= 4 is 11.7 Å². The van der Waals surface area contributed by atoms with Gasteiger partial charge in [0.2, 0.25) is 11.9 Å². The molecule has 0 unspecified atom stereocenters. The van der Waals surface area contributed by atoms with Crippen LogP contribution in [0, 0.1) is 0 Å². The molecule has 1 aliphatic heterocycles. The lowest BCUT2D eigenvalue weighted by molar-refractivity contribution is -0.475. The number of hydrogen-bond donors (Lipinski definition) is 0. The second-order valence-corrected chi connectivity index (χ2v) is 10.4. The van der Waals surface area contributed by atoms with Gasteiger partial charge in [-0.3, -0.25) is 4.98 Å². The van der Waals surface area contributed by atoms with Crippen molar-refractivity contribution in [3.05, 3.63) is 170 Å². The van der Waals surface area contributed by atoms with E-state index in [1.54, 1.807) is 0 Å². The molecule has 2 heterocycles. The zero-order valence-electron chi connectivity index (χ0n) is 24.0. The molecule has 0 atom stereocenters. The summed E-state index contributed by atoms with van der Waals surface area (Å²) >= 11 is 0. The Balaban J connectivity index is 1.09. The summed E-state index contributed by atoms with van der Waals surface area (Å²) in [5.41, 5.74) is 6.14. The molecule has 5 nitrogen and oxygen atoms in total. The molecule has 44 heavy (non-hydrogen) atoms. The van der Waals surface area contributed by atoms with Crippen LogP contribution in [0.3, 0.4) is 0 Å². The van der Waals surface area contributed by atoms with Crippen LogP contribution in [0.4, 0.5) is 5.69 Å². The summed E-state index contributed by atoms with van der Waals surface area (Å²) in [6.07, 6.45) is 5.87. The Labute approximate surface area is 256 Å². The Kier molecular flexibility index (Phi) is 7.60. The maximum atomic E-state index is 6.31. The van der Waals surface area contributed by atoms with Crippen LogP contribution in [0.25, 0.3) is 22.4 Å². The van der Waals surface area contributed by atoms with Gasteiger partial charge in [-0.2, -0.15) is 0 Å². The highest BCUT2D eigenvalue weighted by atomic mass is 16.5. The lowest BCUT2D eigenvalue weighted by Gasteiger charge is -2.10. The van der Waals surface area contributed by atoms with Gasteiger partial charge in [0, 0.05) is 23.4 Å². The Hall–Kier alpha value is -6.03. The van der Waals surface area contributed by atoms with Crippen LogP contribution in [-0.2, 0) is 6.54 Å². The minimum atomic E-state index is 0.737. The van der Waals surface area contributed by atoms with Crippen molar-refractivity contribution in [1.82, 2.24) is 4.98 Å². The molecule has 7 rings (SSSR count). The van der Waals surface area contributed by atoms with E-state index in [-0.39, 0.29) is 0 Å². The van der Waals surface area contributed by atoms with E-state index in [2.05, 4.69) is 47.4 Å². The number of aromatic nitrogens is 1. The molecule has 210 valence electrons. The van der Waals surface area contributed by atoms with E-state index in [1.807, 2.05) is 137 Å². The maximum absolute atomic E-state index is 6.31. The highest BCUT2D eigenvalue weighted by Gasteiger charge is 2.20. The lowest BCUT2D eigenvalue weighted by Crippen LogP contribution is -2.01. The van der Waals surface area contributed by atoms with Crippen molar-refractivity contribution in [3.8, 4) is 45.4 Å². The predicted molar refractivity (Wildman–Crippen MR) is 173 cm³/mol. The van der Waals surface area contributed by atoms with E-state index in [4.69, 9.17) is 9.47 Å². The molecule has 1 aliphatic rings. The highest BCUT2D eigenvalue weighted by molar-refractivity contribution is 5.72. The Morgan fingerprint density at radius 2 is 1.14 bits per heavy atom. The fourth-order valence-corrected chi connectivity index (χ4v) is 5.05. The number of hydrogen-bond acceptors (Lipinski definition) is 3. The molecule has 5 aromatic carbocycles. The molecule has 0 fully saturated rings. The van der Waals surface area contributed by atoms with Gasteiger partial charge in [0.15, 0.2) is 6.54 Å². The average molecular weight is 572 g/mol. The first kappa shape index (κ1) is 26.8. The summed E-state index contributed by atoms with van der Waals surface area (Å²) in [5.74, 6) is 3.07. The van der Waals surface area contributed by atoms with Crippen molar-refractivity contribution in [2.24, 2.45) is 0 Å². The first-order chi connectivity index (χ1) is 21.7. The van der Waals surface area contributed by atoms with Crippen LogP contribution in [0.15, 0.2) is 164 Å². The molecule has 6 aromatic rings. The number of rotatable bonds is 9. The quantitative estimate of drug-likeness (QED) is 0.162. The lowest BCUT2D eigenvalue weighted by atomic mass is 10.0. The Morgan fingerprint density at radius 3 is 1.93 bits per heavy atom. The number of ether oxygens (including phenoxy) is 2. The molecule has 5 heteroatoms. The Bertz CT molecular complexity index is 2030. The van der Waals surface area contributed by atoms with Crippen molar-refractivity contribution in [2.75, 3.05) is 0 Å². The van der Waals surface area contributed by atoms with Gasteiger partial charge in [-0.15, -0.1) is 0 Å². The predicted octanol–water partition coefficient (Wildman–Crippen LogP) is 9.52. The summed E-state index contributed by atoms with van der Waals surface area (Å²) in [4.78, 5) is 4.66. The van der Waals surface area contributed by atoms with Crippen molar-refractivity contribution in [2.45, 2.75) is 6.54 Å². The summed E-state index contributed by atoms with van der Waals surface area (Å²) < 4.78 is 16.4. The molecular weight excluding hydrogens is 542 g/mol.